The molecule has 4 heteroatoms. The van der Waals surface area contributed by atoms with Gasteiger partial charge in [0.25, 0.3) is 0 Å². The van der Waals surface area contributed by atoms with Crippen LogP contribution in [0.2, 0.25) is 0 Å². The van der Waals surface area contributed by atoms with E-state index in [1.165, 1.54) is 38.5 Å². The van der Waals surface area contributed by atoms with Crippen LogP contribution >= 0.6 is 11.6 Å². The van der Waals surface area contributed by atoms with Crippen molar-refractivity contribution in [1.29, 1.82) is 0 Å². The lowest BCUT2D eigenvalue weighted by Gasteiger charge is -2.25. The van der Waals surface area contributed by atoms with Gasteiger partial charge in [0.15, 0.2) is 0 Å². The van der Waals surface area contributed by atoms with Gasteiger partial charge in [0, 0.05) is 17.7 Å². The van der Waals surface area contributed by atoms with Gasteiger partial charge >= 0.3 is 0 Å². The Morgan fingerprint density at radius 2 is 1.55 bits per heavy atom. The Kier molecular flexibility index (Phi) is 5.64. The van der Waals surface area contributed by atoms with Crippen molar-refractivity contribution in [3.8, 4) is 5.75 Å². The lowest BCUT2D eigenvalue weighted by Crippen LogP contribution is -2.13. The molecule has 0 heterocycles. The first-order chi connectivity index (χ1) is 9.63. The highest BCUT2D eigenvalue weighted by Gasteiger charge is 2.27. The summed E-state index contributed by atoms with van der Waals surface area (Å²) >= 11 is 6.40. The van der Waals surface area contributed by atoms with Crippen LogP contribution in [0.1, 0.15) is 55.9 Å². The van der Waals surface area contributed by atoms with Crippen molar-refractivity contribution in [3.63, 3.8) is 0 Å². The van der Waals surface area contributed by atoms with Crippen molar-refractivity contribution in [2.45, 2.75) is 50.3 Å². The summed E-state index contributed by atoms with van der Waals surface area (Å²) in [5.41, 5.74) is -0.00181. The second-order valence-corrected chi connectivity index (χ2v) is 5.98. The van der Waals surface area contributed by atoms with Gasteiger partial charge in [-0.25, -0.2) is 8.78 Å². The number of halogens is 3. The molecule has 1 fully saturated rings. The van der Waals surface area contributed by atoms with Crippen LogP contribution in [0, 0.1) is 17.6 Å². The molecule has 1 atom stereocenters. The number of hydrogen-bond acceptors (Lipinski definition) is 1. The molecule has 20 heavy (non-hydrogen) atoms. The monoisotopic (exact) mass is 302 g/mol. The van der Waals surface area contributed by atoms with Gasteiger partial charge in [-0.3, -0.25) is 0 Å². The Morgan fingerprint density at radius 1 is 1.05 bits per heavy atom. The first kappa shape index (κ1) is 15.6. The van der Waals surface area contributed by atoms with E-state index in [0.29, 0.717) is 0 Å². The standard InChI is InChI=1S/C16H21ClF2O/c1-20-12-9-13(18)15(14(19)10-12)16(17)11-7-5-3-2-4-6-8-11/h9-11,16H,2-8H2,1H3. The van der Waals surface area contributed by atoms with Gasteiger partial charge in [-0.15, -0.1) is 11.6 Å². The first-order valence-corrected chi connectivity index (χ1v) is 7.74. The van der Waals surface area contributed by atoms with Crippen LogP contribution in [0.15, 0.2) is 12.1 Å². The van der Waals surface area contributed by atoms with Crippen LogP contribution < -0.4 is 4.74 Å². The quantitative estimate of drug-likeness (QED) is 0.659. The average Bonchev–Trinajstić information content (AvgIpc) is 2.37. The van der Waals surface area contributed by atoms with Gasteiger partial charge in [0.05, 0.1) is 12.5 Å². The van der Waals surface area contributed by atoms with Crippen molar-refractivity contribution in [1.82, 2.24) is 0 Å². The summed E-state index contributed by atoms with van der Waals surface area (Å²) in [6, 6.07) is 2.41. The Morgan fingerprint density at radius 3 is 2.05 bits per heavy atom. The summed E-state index contributed by atoms with van der Waals surface area (Å²) in [5, 5.41) is -0.598. The third-order valence-electron chi connectivity index (χ3n) is 4.13. The smallest absolute Gasteiger partial charge is 0.134 e. The lowest BCUT2D eigenvalue weighted by atomic mass is 9.86. The minimum Gasteiger partial charge on any atom is -0.497 e. The number of rotatable bonds is 3. The zero-order chi connectivity index (χ0) is 14.5. The number of alkyl halides is 1. The van der Waals surface area contributed by atoms with Crippen LogP contribution in [-0.2, 0) is 0 Å². The molecule has 1 saturated carbocycles. The van der Waals surface area contributed by atoms with Gasteiger partial charge in [-0.1, -0.05) is 32.1 Å². The number of ether oxygens (including phenoxy) is 1. The van der Waals surface area contributed by atoms with Crippen molar-refractivity contribution in [2.75, 3.05) is 7.11 Å². The number of methoxy groups -OCH3 is 1. The highest BCUT2D eigenvalue weighted by atomic mass is 35.5. The topological polar surface area (TPSA) is 9.23 Å². The average molecular weight is 303 g/mol. The fourth-order valence-electron chi connectivity index (χ4n) is 2.96. The van der Waals surface area contributed by atoms with E-state index in [-0.39, 0.29) is 17.2 Å². The van der Waals surface area contributed by atoms with E-state index < -0.39 is 17.0 Å². The van der Waals surface area contributed by atoms with E-state index in [0.717, 1.165) is 25.7 Å². The van der Waals surface area contributed by atoms with Crippen LogP contribution in [0.3, 0.4) is 0 Å². The highest BCUT2D eigenvalue weighted by molar-refractivity contribution is 6.21. The Bertz CT molecular complexity index is 419. The van der Waals surface area contributed by atoms with Crippen LogP contribution in [0.5, 0.6) is 5.75 Å². The lowest BCUT2D eigenvalue weighted by molar-refractivity contribution is 0.356. The second kappa shape index (κ2) is 7.26. The minimum atomic E-state index is -0.607. The molecular weight excluding hydrogens is 282 g/mol. The number of benzene rings is 1. The highest BCUT2D eigenvalue weighted by Crippen LogP contribution is 2.40. The molecule has 0 aromatic heterocycles. The van der Waals surface area contributed by atoms with Gasteiger partial charge in [-0.05, 0) is 18.8 Å². The molecule has 1 unspecified atom stereocenters. The fraction of sp³-hybridized carbons (Fsp3) is 0.625. The van der Waals surface area contributed by atoms with E-state index in [1.807, 2.05) is 0 Å². The maximum atomic E-state index is 14.1. The Labute approximate surface area is 124 Å². The molecule has 1 aromatic rings. The molecule has 112 valence electrons. The van der Waals surface area contributed by atoms with Crippen molar-refractivity contribution >= 4 is 11.6 Å². The third-order valence-corrected chi connectivity index (χ3v) is 4.70. The summed E-state index contributed by atoms with van der Waals surface area (Å²) < 4.78 is 33.0. The molecule has 0 radical (unpaired) electrons. The normalized spacial score (nSPS) is 19.2. The molecule has 0 aliphatic heterocycles. The molecule has 2 rings (SSSR count). The minimum absolute atomic E-state index is 0.00181. The fourth-order valence-corrected chi connectivity index (χ4v) is 3.42. The van der Waals surface area contributed by atoms with Crippen molar-refractivity contribution in [3.05, 3.63) is 29.3 Å². The molecule has 1 aromatic carbocycles. The molecule has 1 aliphatic carbocycles. The molecule has 0 spiro atoms. The maximum Gasteiger partial charge on any atom is 0.134 e. The Balaban J connectivity index is 2.20. The predicted octanol–water partition coefficient (Wildman–Crippen LogP) is 5.61. The van der Waals surface area contributed by atoms with Crippen LogP contribution in [0.25, 0.3) is 0 Å². The van der Waals surface area contributed by atoms with E-state index in [1.54, 1.807) is 0 Å². The molecule has 0 bridgehead atoms. The zero-order valence-corrected chi connectivity index (χ0v) is 12.6. The zero-order valence-electron chi connectivity index (χ0n) is 11.8. The maximum absolute atomic E-state index is 14.1. The van der Waals surface area contributed by atoms with E-state index >= 15 is 0 Å². The van der Waals surface area contributed by atoms with E-state index in [4.69, 9.17) is 16.3 Å². The van der Waals surface area contributed by atoms with Gasteiger partial charge in [0.2, 0.25) is 0 Å². The predicted molar refractivity (Wildman–Crippen MR) is 77.3 cm³/mol. The second-order valence-electron chi connectivity index (χ2n) is 5.51. The first-order valence-electron chi connectivity index (χ1n) is 7.30. The SMILES string of the molecule is COc1cc(F)c(C(Cl)C2CCCCCCC2)c(F)c1. The summed E-state index contributed by atoms with van der Waals surface area (Å²) in [7, 11) is 1.39. The van der Waals surface area contributed by atoms with Crippen molar-refractivity contribution in [2.24, 2.45) is 5.92 Å². The van der Waals surface area contributed by atoms with E-state index in [2.05, 4.69) is 0 Å². The summed E-state index contributed by atoms with van der Waals surface area (Å²) in [4.78, 5) is 0. The van der Waals surface area contributed by atoms with Gasteiger partial charge in [0.1, 0.15) is 17.4 Å². The largest absolute Gasteiger partial charge is 0.497 e. The Hall–Kier alpha value is -0.830. The molecule has 0 N–H and O–H groups in total. The number of hydrogen-bond donors (Lipinski definition) is 0. The van der Waals surface area contributed by atoms with Gasteiger partial charge < -0.3 is 4.74 Å². The molecular formula is C16H21ClF2O. The van der Waals surface area contributed by atoms with Crippen molar-refractivity contribution < 1.29 is 13.5 Å². The molecule has 1 nitrogen and oxygen atoms in total. The summed E-state index contributed by atoms with van der Waals surface area (Å²) in [6.45, 7) is 0. The van der Waals surface area contributed by atoms with E-state index in [9.17, 15) is 8.78 Å². The third kappa shape index (κ3) is 3.63. The van der Waals surface area contributed by atoms with Crippen LogP contribution in [-0.4, -0.2) is 7.11 Å². The summed E-state index contributed by atoms with van der Waals surface area (Å²) in [5.74, 6) is -0.882. The molecule has 0 saturated heterocycles. The molecule has 1 aliphatic rings. The van der Waals surface area contributed by atoms with Gasteiger partial charge in [-0.2, -0.15) is 0 Å². The molecule has 0 amide bonds. The summed E-state index contributed by atoms with van der Waals surface area (Å²) in [6.07, 6.45) is 7.70. The van der Waals surface area contributed by atoms with Crippen LogP contribution in [0.4, 0.5) is 8.78 Å².